The Balaban J connectivity index is 1.67. The molecule has 1 fully saturated rings. The summed E-state index contributed by atoms with van der Waals surface area (Å²) in [5.41, 5.74) is -0.582. The van der Waals surface area contributed by atoms with Crippen molar-refractivity contribution in [2.24, 2.45) is 0 Å². The molecule has 24 heavy (non-hydrogen) atoms. The van der Waals surface area contributed by atoms with E-state index in [9.17, 15) is 14.4 Å². The van der Waals surface area contributed by atoms with Crippen LogP contribution in [-0.2, 0) is 11.3 Å². The minimum atomic E-state index is -0.311. The van der Waals surface area contributed by atoms with Gasteiger partial charge < -0.3 is 5.32 Å². The SMILES string of the molecule is O=C(CCn1[nH]c(=O)c2ccccc2c1=O)NC1CCCCCC1. The van der Waals surface area contributed by atoms with Crippen molar-refractivity contribution in [2.75, 3.05) is 0 Å². The molecule has 0 aliphatic heterocycles. The van der Waals surface area contributed by atoms with Gasteiger partial charge in [0.15, 0.2) is 0 Å². The molecule has 1 aliphatic rings. The number of aryl methyl sites for hydroxylation is 1. The molecule has 1 aromatic carbocycles. The van der Waals surface area contributed by atoms with Crippen LogP contribution in [0.25, 0.3) is 10.8 Å². The fourth-order valence-electron chi connectivity index (χ4n) is 3.34. The van der Waals surface area contributed by atoms with Gasteiger partial charge in [-0.2, -0.15) is 0 Å². The van der Waals surface area contributed by atoms with Crippen molar-refractivity contribution in [3.05, 3.63) is 45.0 Å². The summed E-state index contributed by atoms with van der Waals surface area (Å²) in [6, 6.07) is 6.95. The molecule has 1 aromatic heterocycles. The Kier molecular flexibility index (Phi) is 5.13. The Morgan fingerprint density at radius 2 is 1.75 bits per heavy atom. The van der Waals surface area contributed by atoms with Crippen molar-refractivity contribution in [3.63, 3.8) is 0 Å². The lowest BCUT2D eigenvalue weighted by atomic mass is 10.1. The highest BCUT2D eigenvalue weighted by Gasteiger charge is 2.15. The summed E-state index contributed by atoms with van der Waals surface area (Å²) < 4.78 is 1.23. The Morgan fingerprint density at radius 1 is 1.08 bits per heavy atom. The van der Waals surface area contributed by atoms with Gasteiger partial charge in [0.05, 0.1) is 17.3 Å². The van der Waals surface area contributed by atoms with Crippen LogP contribution in [-0.4, -0.2) is 21.7 Å². The molecule has 6 heteroatoms. The topological polar surface area (TPSA) is 84.0 Å². The van der Waals surface area contributed by atoms with Gasteiger partial charge in [0.25, 0.3) is 11.1 Å². The summed E-state index contributed by atoms with van der Waals surface area (Å²) in [6.45, 7) is 0.178. The number of benzene rings is 1. The number of fused-ring (bicyclic) bond motifs is 1. The number of nitrogens with zero attached hydrogens (tertiary/aromatic N) is 1. The van der Waals surface area contributed by atoms with Crippen molar-refractivity contribution in [3.8, 4) is 0 Å². The Morgan fingerprint density at radius 3 is 2.46 bits per heavy atom. The first-order valence-electron chi connectivity index (χ1n) is 8.66. The van der Waals surface area contributed by atoms with Gasteiger partial charge in [0, 0.05) is 12.5 Å². The molecular weight excluding hydrogens is 306 g/mol. The van der Waals surface area contributed by atoms with Crippen LogP contribution in [0.3, 0.4) is 0 Å². The number of hydrogen-bond donors (Lipinski definition) is 2. The maximum absolute atomic E-state index is 12.4. The van der Waals surface area contributed by atoms with Gasteiger partial charge in [-0.25, -0.2) is 4.68 Å². The lowest BCUT2D eigenvalue weighted by Crippen LogP contribution is -2.36. The van der Waals surface area contributed by atoms with Crippen LogP contribution in [0.5, 0.6) is 0 Å². The second kappa shape index (κ2) is 7.47. The van der Waals surface area contributed by atoms with Gasteiger partial charge in [-0.1, -0.05) is 37.8 Å². The Hall–Kier alpha value is -2.37. The number of carbonyl (C=O) groups excluding carboxylic acids is 1. The van der Waals surface area contributed by atoms with E-state index in [4.69, 9.17) is 0 Å². The van der Waals surface area contributed by atoms with Crippen LogP contribution in [0.15, 0.2) is 33.9 Å². The lowest BCUT2D eigenvalue weighted by molar-refractivity contribution is -0.122. The zero-order valence-electron chi connectivity index (χ0n) is 13.7. The normalized spacial score (nSPS) is 16.0. The lowest BCUT2D eigenvalue weighted by Gasteiger charge is -2.16. The van der Waals surface area contributed by atoms with E-state index >= 15 is 0 Å². The van der Waals surface area contributed by atoms with Crippen LogP contribution < -0.4 is 16.4 Å². The molecule has 1 saturated carbocycles. The zero-order chi connectivity index (χ0) is 16.9. The van der Waals surface area contributed by atoms with E-state index < -0.39 is 0 Å². The van der Waals surface area contributed by atoms with E-state index in [1.54, 1.807) is 24.3 Å². The van der Waals surface area contributed by atoms with Crippen LogP contribution in [0.2, 0.25) is 0 Å². The molecule has 1 amide bonds. The number of aromatic nitrogens is 2. The molecule has 0 spiro atoms. The second-order valence-electron chi connectivity index (χ2n) is 6.45. The smallest absolute Gasteiger partial charge is 0.273 e. The van der Waals surface area contributed by atoms with E-state index in [2.05, 4.69) is 10.4 Å². The summed E-state index contributed by atoms with van der Waals surface area (Å²) in [5.74, 6) is -0.0668. The van der Waals surface area contributed by atoms with E-state index in [1.807, 2.05) is 0 Å². The third-order valence-corrected chi connectivity index (χ3v) is 4.67. The van der Waals surface area contributed by atoms with Gasteiger partial charge in [-0.3, -0.25) is 19.5 Å². The maximum atomic E-state index is 12.4. The standard InChI is InChI=1S/C18H23N3O3/c22-16(19-13-7-3-1-2-4-8-13)11-12-21-18(24)15-10-6-5-9-14(15)17(23)20-21/h5-6,9-10,13H,1-4,7-8,11-12H2,(H,19,22)(H,20,23). The average molecular weight is 329 g/mol. The third kappa shape index (κ3) is 3.75. The van der Waals surface area contributed by atoms with E-state index in [0.29, 0.717) is 10.8 Å². The fourth-order valence-corrected chi connectivity index (χ4v) is 3.34. The summed E-state index contributed by atoms with van der Waals surface area (Å²) in [6.07, 6.45) is 7.02. The van der Waals surface area contributed by atoms with Gasteiger partial charge in [0.1, 0.15) is 0 Å². The molecule has 0 radical (unpaired) electrons. The predicted octanol–water partition coefficient (Wildman–Crippen LogP) is 1.92. The molecule has 0 unspecified atom stereocenters. The summed E-state index contributed by atoms with van der Waals surface area (Å²) >= 11 is 0. The summed E-state index contributed by atoms with van der Waals surface area (Å²) in [4.78, 5) is 36.6. The molecule has 128 valence electrons. The van der Waals surface area contributed by atoms with E-state index in [-0.39, 0.29) is 36.0 Å². The molecular formula is C18H23N3O3. The van der Waals surface area contributed by atoms with Crippen molar-refractivity contribution >= 4 is 16.7 Å². The van der Waals surface area contributed by atoms with Crippen LogP contribution >= 0.6 is 0 Å². The first kappa shape index (κ1) is 16.5. The third-order valence-electron chi connectivity index (χ3n) is 4.67. The van der Waals surface area contributed by atoms with Crippen LogP contribution in [0.1, 0.15) is 44.9 Å². The molecule has 1 heterocycles. The van der Waals surface area contributed by atoms with E-state index in [0.717, 1.165) is 25.7 Å². The minimum absolute atomic E-state index is 0.0668. The summed E-state index contributed by atoms with van der Waals surface area (Å²) in [7, 11) is 0. The first-order valence-corrected chi connectivity index (χ1v) is 8.66. The maximum Gasteiger partial charge on any atom is 0.273 e. The molecule has 2 N–H and O–H groups in total. The minimum Gasteiger partial charge on any atom is -0.353 e. The van der Waals surface area contributed by atoms with Crippen molar-refractivity contribution in [2.45, 2.75) is 57.5 Å². The van der Waals surface area contributed by atoms with Gasteiger partial charge in [-0.15, -0.1) is 0 Å². The van der Waals surface area contributed by atoms with Crippen molar-refractivity contribution in [1.82, 2.24) is 15.1 Å². The highest BCUT2D eigenvalue weighted by atomic mass is 16.2. The highest BCUT2D eigenvalue weighted by molar-refractivity contribution is 5.80. The van der Waals surface area contributed by atoms with Gasteiger partial charge in [0.2, 0.25) is 5.91 Å². The number of rotatable bonds is 4. The van der Waals surface area contributed by atoms with Gasteiger partial charge in [-0.05, 0) is 25.0 Å². The zero-order valence-corrected chi connectivity index (χ0v) is 13.7. The quantitative estimate of drug-likeness (QED) is 0.841. The summed E-state index contributed by atoms with van der Waals surface area (Å²) in [5, 5.41) is 6.37. The molecule has 0 saturated heterocycles. The fraction of sp³-hybridized carbons (Fsp3) is 0.500. The second-order valence-corrected chi connectivity index (χ2v) is 6.45. The number of nitrogens with one attached hydrogen (secondary N) is 2. The molecule has 6 nitrogen and oxygen atoms in total. The molecule has 0 bridgehead atoms. The average Bonchev–Trinajstić information content (AvgIpc) is 2.85. The number of carbonyl (C=O) groups is 1. The highest BCUT2D eigenvalue weighted by Crippen LogP contribution is 2.17. The van der Waals surface area contributed by atoms with E-state index in [1.165, 1.54) is 17.5 Å². The number of amides is 1. The molecule has 0 atom stereocenters. The Labute approximate surface area is 139 Å². The monoisotopic (exact) mass is 329 g/mol. The van der Waals surface area contributed by atoms with Crippen LogP contribution in [0.4, 0.5) is 0 Å². The van der Waals surface area contributed by atoms with Crippen LogP contribution in [0, 0.1) is 0 Å². The molecule has 1 aliphatic carbocycles. The largest absolute Gasteiger partial charge is 0.353 e. The number of hydrogen-bond acceptors (Lipinski definition) is 3. The first-order chi connectivity index (χ1) is 11.6. The number of aromatic amines is 1. The number of H-pyrrole nitrogens is 1. The Bertz CT molecular complexity index is 829. The van der Waals surface area contributed by atoms with Crippen molar-refractivity contribution in [1.29, 1.82) is 0 Å². The molecule has 2 aromatic rings. The van der Waals surface area contributed by atoms with Gasteiger partial charge >= 0.3 is 0 Å². The molecule has 3 rings (SSSR count). The van der Waals surface area contributed by atoms with Crippen molar-refractivity contribution < 1.29 is 4.79 Å². The predicted molar refractivity (Wildman–Crippen MR) is 93.1 cm³/mol.